The number of anilines is 1. The summed E-state index contributed by atoms with van der Waals surface area (Å²) >= 11 is 11.5. The second-order valence-corrected chi connectivity index (χ2v) is 7.14. The van der Waals surface area contributed by atoms with Gasteiger partial charge in [-0.1, -0.05) is 41.4 Å². The maximum atomic E-state index is 14.4. The molecule has 0 radical (unpaired) electrons. The van der Waals surface area contributed by atoms with E-state index < -0.39 is 17.4 Å². The van der Waals surface area contributed by atoms with Gasteiger partial charge in [0.15, 0.2) is 0 Å². The number of nitrogens with two attached hydrogens (primary N) is 1. The number of halogens is 4. The third-order valence-electron chi connectivity index (χ3n) is 4.28. The van der Waals surface area contributed by atoms with E-state index in [-0.39, 0.29) is 27.8 Å². The Morgan fingerprint density at radius 2 is 1.93 bits per heavy atom. The van der Waals surface area contributed by atoms with E-state index in [1.165, 1.54) is 6.07 Å². The lowest BCUT2D eigenvalue weighted by molar-refractivity contribution is -0.140. The van der Waals surface area contributed by atoms with Crippen LogP contribution in [0.1, 0.15) is 17.5 Å². The van der Waals surface area contributed by atoms with E-state index in [2.05, 4.69) is 10.3 Å². The highest BCUT2D eigenvalue weighted by atomic mass is 35.5. The Morgan fingerprint density at radius 3 is 2.54 bits per heavy atom. The molecule has 3 rings (SSSR count). The van der Waals surface area contributed by atoms with Gasteiger partial charge in [-0.2, -0.15) is 8.78 Å². The summed E-state index contributed by atoms with van der Waals surface area (Å²) in [6.45, 7) is 0.462. The number of amidine groups is 1. The zero-order valence-electron chi connectivity index (χ0n) is 14.6. The number of hydrogen-bond acceptors (Lipinski definition) is 4. The Labute approximate surface area is 170 Å². The predicted molar refractivity (Wildman–Crippen MR) is 105 cm³/mol. The van der Waals surface area contributed by atoms with Crippen molar-refractivity contribution in [1.29, 1.82) is 0 Å². The summed E-state index contributed by atoms with van der Waals surface area (Å²) in [5.74, 6) is -5.21. The van der Waals surface area contributed by atoms with Gasteiger partial charge in [0.25, 0.3) is 11.9 Å². The number of amides is 1. The SMILES string of the molecule is NC1=N[C@@H](CCc2ccc(NC(=O)C(F)(F)c3ccc(Cl)c(Cl)c3)cc2)CO1. The molecule has 0 aromatic heterocycles. The first-order chi connectivity index (χ1) is 13.3. The second-order valence-electron chi connectivity index (χ2n) is 6.33. The molecule has 0 fully saturated rings. The fourth-order valence-electron chi connectivity index (χ4n) is 2.70. The van der Waals surface area contributed by atoms with Crippen LogP contribution in [0.2, 0.25) is 10.0 Å². The Balaban J connectivity index is 1.61. The van der Waals surface area contributed by atoms with Crippen LogP contribution in [0.5, 0.6) is 0 Å². The lowest BCUT2D eigenvalue weighted by Crippen LogP contribution is -2.32. The van der Waals surface area contributed by atoms with Gasteiger partial charge in [-0.15, -0.1) is 0 Å². The van der Waals surface area contributed by atoms with Gasteiger partial charge >= 0.3 is 5.92 Å². The molecule has 3 N–H and O–H groups in total. The van der Waals surface area contributed by atoms with E-state index in [0.29, 0.717) is 6.61 Å². The highest BCUT2D eigenvalue weighted by molar-refractivity contribution is 6.42. The molecule has 0 bridgehead atoms. The van der Waals surface area contributed by atoms with Crippen molar-refractivity contribution in [3.63, 3.8) is 0 Å². The number of benzene rings is 2. The van der Waals surface area contributed by atoms with E-state index >= 15 is 0 Å². The smallest absolute Gasteiger partial charge is 0.350 e. The fourth-order valence-corrected chi connectivity index (χ4v) is 3.00. The van der Waals surface area contributed by atoms with Crippen LogP contribution in [0.25, 0.3) is 0 Å². The molecule has 2 aromatic carbocycles. The summed E-state index contributed by atoms with van der Waals surface area (Å²) in [5.41, 5.74) is 6.18. The van der Waals surface area contributed by atoms with Crippen molar-refractivity contribution in [1.82, 2.24) is 0 Å². The predicted octanol–water partition coefficient (Wildman–Crippen LogP) is 4.37. The Hall–Kier alpha value is -2.38. The average molecular weight is 428 g/mol. The molecule has 1 amide bonds. The second kappa shape index (κ2) is 8.32. The van der Waals surface area contributed by atoms with Crippen LogP contribution < -0.4 is 11.1 Å². The molecule has 0 saturated heterocycles. The molecule has 1 aliphatic rings. The number of carbonyl (C=O) groups is 1. The van der Waals surface area contributed by atoms with Crippen LogP contribution in [0.15, 0.2) is 47.5 Å². The van der Waals surface area contributed by atoms with Crippen LogP contribution in [-0.4, -0.2) is 24.6 Å². The van der Waals surface area contributed by atoms with Crippen LogP contribution in [0.3, 0.4) is 0 Å². The highest BCUT2D eigenvalue weighted by Crippen LogP contribution is 2.33. The lowest BCUT2D eigenvalue weighted by atomic mass is 10.1. The molecule has 5 nitrogen and oxygen atoms in total. The fraction of sp³-hybridized carbons (Fsp3) is 0.263. The average Bonchev–Trinajstić information content (AvgIpc) is 3.08. The third-order valence-corrected chi connectivity index (χ3v) is 5.02. The minimum atomic E-state index is -3.76. The van der Waals surface area contributed by atoms with Gasteiger partial charge in [-0.05, 0) is 42.7 Å². The summed E-state index contributed by atoms with van der Waals surface area (Å²) in [5, 5.41) is 2.31. The number of aliphatic imine (C=N–C) groups is 1. The topological polar surface area (TPSA) is 76.7 Å². The molecule has 0 spiro atoms. The minimum absolute atomic E-state index is 0.0178. The zero-order valence-corrected chi connectivity index (χ0v) is 16.1. The Bertz CT molecular complexity index is 905. The number of ether oxygens (including phenoxy) is 1. The number of rotatable bonds is 6. The van der Waals surface area contributed by atoms with Gasteiger partial charge in [0, 0.05) is 11.3 Å². The van der Waals surface area contributed by atoms with Gasteiger partial charge in [0.2, 0.25) is 0 Å². The summed E-state index contributed by atoms with van der Waals surface area (Å²) in [4.78, 5) is 16.2. The molecule has 2 aromatic rings. The maximum Gasteiger partial charge on any atom is 0.350 e. The maximum absolute atomic E-state index is 14.4. The van der Waals surface area contributed by atoms with Gasteiger partial charge in [-0.3, -0.25) is 4.79 Å². The monoisotopic (exact) mass is 427 g/mol. The summed E-state index contributed by atoms with van der Waals surface area (Å²) in [6, 6.07) is 10.2. The molecule has 148 valence electrons. The molecule has 0 saturated carbocycles. The number of nitrogens with one attached hydrogen (secondary N) is 1. The largest absolute Gasteiger partial charge is 0.463 e. The molecule has 0 unspecified atom stereocenters. The highest BCUT2D eigenvalue weighted by Gasteiger charge is 2.41. The first kappa shape index (κ1) is 20.4. The number of hydrogen-bond donors (Lipinski definition) is 2. The quantitative estimate of drug-likeness (QED) is 0.718. The lowest BCUT2D eigenvalue weighted by Gasteiger charge is -2.17. The van der Waals surface area contributed by atoms with Gasteiger partial charge < -0.3 is 15.8 Å². The van der Waals surface area contributed by atoms with Crippen molar-refractivity contribution in [2.24, 2.45) is 10.7 Å². The van der Waals surface area contributed by atoms with E-state index in [1.807, 2.05) is 0 Å². The Kier molecular flexibility index (Phi) is 6.05. The van der Waals surface area contributed by atoms with Crippen molar-refractivity contribution >= 4 is 40.8 Å². The number of nitrogens with zero attached hydrogens (tertiary/aromatic N) is 1. The van der Waals surface area contributed by atoms with Crippen molar-refractivity contribution in [3.8, 4) is 0 Å². The van der Waals surface area contributed by atoms with Gasteiger partial charge in [0.1, 0.15) is 6.61 Å². The van der Waals surface area contributed by atoms with E-state index in [9.17, 15) is 13.6 Å². The van der Waals surface area contributed by atoms with E-state index in [1.54, 1.807) is 24.3 Å². The van der Waals surface area contributed by atoms with Crippen LogP contribution in [0, 0.1) is 0 Å². The van der Waals surface area contributed by atoms with Crippen LogP contribution in [-0.2, 0) is 21.9 Å². The summed E-state index contributed by atoms with van der Waals surface area (Å²) < 4.78 is 33.9. The summed E-state index contributed by atoms with van der Waals surface area (Å²) in [6.07, 6.45) is 1.47. The summed E-state index contributed by atoms with van der Waals surface area (Å²) in [7, 11) is 0. The van der Waals surface area contributed by atoms with Crippen LogP contribution >= 0.6 is 23.2 Å². The Morgan fingerprint density at radius 1 is 1.21 bits per heavy atom. The van der Waals surface area contributed by atoms with Crippen LogP contribution in [0.4, 0.5) is 14.5 Å². The number of alkyl halides is 2. The third kappa shape index (κ3) is 4.72. The standard InChI is InChI=1S/C19H17Cl2F2N3O2/c20-15-8-4-12(9-16(15)21)19(22,23)17(27)25-13-5-1-11(2-6-13)3-7-14-10-28-18(24)26-14/h1-2,4-6,8-9,14H,3,7,10H2,(H2,24,26)(H,25,27)/t14-/m0/s1. The van der Waals surface area contributed by atoms with Crippen molar-refractivity contribution < 1.29 is 18.3 Å². The van der Waals surface area contributed by atoms with Crippen molar-refractivity contribution in [2.45, 2.75) is 24.8 Å². The molecule has 1 atom stereocenters. The molecular formula is C19H17Cl2F2N3O2. The molecule has 9 heteroatoms. The van der Waals surface area contributed by atoms with E-state index in [4.69, 9.17) is 33.7 Å². The molecule has 0 aliphatic carbocycles. The zero-order chi connectivity index (χ0) is 20.3. The minimum Gasteiger partial charge on any atom is -0.463 e. The molecule has 1 heterocycles. The first-order valence-electron chi connectivity index (χ1n) is 8.45. The molecule has 1 aliphatic heterocycles. The van der Waals surface area contributed by atoms with E-state index in [0.717, 1.165) is 30.5 Å². The first-order valence-corrected chi connectivity index (χ1v) is 9.21. The van der Waals surface area contributed by atoms with Crippen molar-refractivity contribution in [2.75, 3.05) is 11.9 Å². The number of aryl methyl sites for hydroxylation is 1. The molecule has 28 heavy (non-hydrogen) atoms. The van der Waals surface area contributed by atoms with Crippen molar-refractivity contribution in [3.05, 3.63) is 63.6 Å². The number of carbonyl (C=O) groups excluding carboxylic acids is 1. The van der Waals surface area contributed by atoms with Gasteiger partial charge in [0.05, 0.1) is 16.1 Å². The van der Waals surface area contributed by atoms with Gasteiger partial charge in [-0.25, -0.2) is 4.99 Å². The molecular weight excluding hydrogens is 411 g/mol. The normalized spacial score (nSPS) is 16.4.